The van der Waals surface area contributed by atoms with Crippen molar-refractivity contribution in [2.24, 2.45) is 0 Å². The van der Waals surface area contributed by atoms with Gasteiger partial charge in [-0.25, -0.2) is 0 Å². The van der Waals surface area contributed by atoms with Gasteiger partial charge in [-0.05, 0) is 18.6 Å². The molecule has 0 N–H and O–H groups in total. The zero-order valence-electron chi connectivity index (χ0n) is 8.90. The maximum absolute atomic E-state index is 8.37. The molecule has 15 heavy (non-hydrogen) atoms. The summed E-state index contributed by atoms with van der Waals surface area (Å²) in [6.07, 6.45) is 3.21. The summed E-state index contributed by atoms with van der Waals surface area (Å²) in [7, 11) is 0. The lowest BCUT2D eigenvalue weighted by molar-refractivity contribution is 0.372. The molecule has 0 radical (unpaired) electrons. The van der Waals surface area contributed by atoms with Crippen molar-refractivity contribution < 1.29 is 4.52 Å². The Morgan fingerprint density at radius 3 is 3.13 bits per heavy atom. The van der Waals surface area contributed by atoms with E-state index in [1.165, 1.54) is 0 Å². The Labute approximate surface area is 94.1 Å². The lowest BCUT2D eigenvalue weighted by atomic mass is 10.2. The molecule has 0 saturated carbocycles. The highest BCUT2D eigenvalue weighted by Gasteiger charge is 2.05. The zero-order valence-corrected chi connectivity index (χ0v) is 9.72. The third-order valence-corrected chi connectivity index (χ3v) is 2.93. The predicted molar refractivity (Wildman–Crippen MR) is 59.3 cm³/mol. The van der Waals surface area contributed by atoms with Gasteiger partial charge in [0.15, 0.2) is 5.82 Å². The quantitative estimate of drug-likeness (QED) is 0.667. The fourth-order valence-corrected chi connectivity index (χ4v) is 1.81. The molecular formula is C10H15N3OS. The lowest BCUT2D eigenvalue weighted by Gasteiger charge is -1.91. The molecule has 5 heteroatoms. The van der Waals surface area contributed by atoms with Crippen LogP contribution in [0.4, 0.5) is 0 Å². The van der Waals surface area contributed by atoms with E-state index in [0.29, 0.717) is 18.7 Å². The molecule has 0 aromatic carbocycles. The van der Waals surface area contributed by atoms with Crippen molar-refractivity contribution in [1.29, 1.82) is 5.26 Å². The van der Waals surface area contributed by atoms with E-state index < -0.39 is 0 Å². The second-order valence-electron chi connectivity index (χ2n) is 3.17. The second-order valence-corrected chi connectivity index (χ2v) is 4.27. The highest BCUT2D eigenvalue weighted by atomic mass is 32.2. The first kappa shape index (κ1) is 12.1. The van der Waals surface area contributed by atoms with Gasteiger partial charge < -0.3 is 4.52 Å². The van der Waals surface area contributed by atoms with Gasteiger partial charge in [0.25, 0.3) is 0 Å². The largest absolute Gasteiger partial charge is 0.339 e. The average molecular weight is 225 g/mol. The van der Waals surface area contributed by atoms with Crippen molar-refractivity contribution in [3.05, 3.63) is 11.7 Å². The van der Waals surface area contributed by atoms with Crippen LogP contribution in [0.2, 0.25) is 0 Å². The summed E-state index contributed by atoms with van der Waals surface area (Å²) in [5.41, 5.74) is 0. The van der Waals surface area contributed by atoms with E-state index in [-0.39, 0.29) is 0 Å². The number of nitriles is 1. The fourth-order valence-electron chi connectivity index (χ4n) is 1.08. The first-order valence-corrected chi connectivity index (χ1v) is 6.28. The summed E-state index contributed by atoms with van der Waals surface area (Å²) in [5.74, 6) is 3.35. The summed E-state index contributed by atoms with van der Waals surface area (Å²) < 4.78 is 5.06. The van der Waals surface area contributed by atoms with Crippen LogP contribution < -0.4 is 0 Å². The molecule has 1 heterocycles. The van der Waals surface area contributed by atoms with E-state index in [9.17, 15) is 0 Å². The number of unbranched alkanes of at least 4 members (excludes halogenated alkanes) is 1. The summed E-state index contributed by atoms with van der Waals surface area (Å²) in [5, 5.41) is 12.2. The van der Waals surface area contributed by atoms with Gasteiger partial charge in [0.1, 0.15) is 0 Å². The van der Waals surface area contributed by atoms with Crippen LogP contribution in [0.5, 0.6) is 0 Å². The molecule has 0 atom stereocenters. The predicted octanol–water partition coefficient (Wildman–Crippen LogP) is 2.56. The maximum Gasteiger partial charge on any atom is 0.226 e. The second kappa shape index (κ2) is 7.30. The molecule has 4 nitrogen and oxygen atoms in total. The Hall–Kier alpha value is -1.02. The molecule has 0 aliphatic carbocycles. The third kappa shape index (κ3) is 4.84. The van der Waals surface area contributed by atoms with Crippen LogP contribution in [0.3, 0.4) is 0 Å². The van der Waals surface area contributed by atoms with Crippen LogP contribution in [-0.2, 0) is 12.2 Å². The van der Waals surface area contributed by atoms with Crippen molar-refractivity contribution in [3.63, 3.8) is 0 Å². The van der Waals surface area contributed by atoms with E-state index in [4.69, 9.17) is 9.78 Å². The standard InChI is InChI=1S/C10H15N3OS/c1-2-7-15-8-9-12-10(14-13-9)5-3-4-6-11/h2-5,7-8H2,1H3. The molecule has 0 amide bonds. The van der Waals surface area contributed by atoms with Crippen LogP contribution >= 0.6 is 11.8 Å². The van der Waals surface area contributed by atoms with Crippen molar-refractivity contribution in [1.82, 2.24) is 10.1 Å². The molecule has 0 aliphatic heterocycles. The van der Waals surface area contributed by atoms with Crippen LogP contribution in [-0.4, -0.2) is 15.9 Å². The Balaban J connectivity index is 2.26. The maximum atomic E-state index is 8.37. The lowest BCUT2D eigenvalue weighted by Crippen LogP contribution is -1.88. The van der Waals surface area contributed by atoms with Crippen LogP contribution in [0.15, 0.2) is 4.52 Å². The molecule has 0 bridgehead atoms. The molecule has 0 fully saturated rings. The summed E-state index contributed by atoms with van der Waals surface area (Å²) in [6, 6.07) is 2.09. The monoisotopic (exact) mass is 225 g/mol. The van der Waals surface area contributed by atoms with Crippen molar-refractivity contribution in [2.45, 2.75) is 38.4 Å². The molecule has 82 valence electrons. The molecule has 1 rings (SSSR count). The number of aromatic nitrogens is 2. The van der Waals surface area contributed by atoms with Crippen LogP contribution in [0, 0.1) is 11.3 Å². The van der Waals surface area contributed by atoms with E-state index in [2.05, 4.69) is 23.1 Å². The minimum absolute atomic E-state index is 0.544. The van der Waals surface area contributed by atoms with Gasteiger partial charge in [-0.1, -0.05) is 12.1 Å². The Kier molecular flexibility index (Phi) is 5.86. The molecule has 1 aromatic rings. The van der Waals surface area contributed by atoms with Crippen molar-refractivity contribution >= 4 is 11.8 Å². The Morgan fingerprint density at radius 2 is 2.40 bits per heavy atom. The topological polar surface area (TPSA) is 62.7 Å². The summed E-state index contributed by atoms with van der Waals surface area (Å²) in [6.45, 7) is 2.15. The average Bonchev–Trinajstić information content (AvgIpc) is 2.67. The van der Waals surface area contributed by atoms with E-state index in [1.54, 1.807) is 0 Å². The van der Waals surface area contributed by atoms with Crippen molar-refractivity contribution in [3.8, 4) is 6.07 Å². The molecule has 1 aromatic heterocycles. The Morgan fingerprint density at radius 1 is 1.53 bits per heavy atom. The van der Waals surface area contributed by atoms with Crippen LogP contribution in [0.1, 0.15) is 37.9 Å². The number of hydrogen-bond acceptors (Lipinski definition) is 5. The smallest absolute Gasteiger partial charge is 0.226 e. The Bertz CT molecular complexity index is 319. The number of nitrogens with zero attached hydrogens (tertiary/aromatic N) is 3. The van der Waals surface area contributed by atoms with Gasteiger partial charge in [0.05, 0.1) is 11.8 Å². The minimum Gasteiger partial charge on any atom is -0.339 e. The number of rotatable bonds is 7. The van der Waals surface area contributed by atoms with Gasteiger partial charge in [-0.3, -0.25) is 0 Å². The molecule has 0 aliphatic rings. The van der Waals surface area contributed by atoms with Gasteiger partial charge in [0, 0.05) is 12.8 Å². The normalized spacial score (nSPS) is 10.1. The fraction of sp³-hybridized carbons (Fsp3) is 0.700. The third-order valence-electron chi connectivity index (χ3n) is 1.77. The molecular weight excluding hydrogens is 210 g/mol. The van der Waals surface area contributed by atoms with E-state index in [1.807, 2.05) is 11.8 Å². The SMILES string of the molecule is CCCSCc1noc(CCCC#N)n1. The number of hydrogen-bond donors (Lipinski definition) is 0. The zero-order chi connectivity index (χ0) is 10.9. The number of aryl methyl sites for hydroxylation is 1. The summed E-state index contributed by atoms with van der Waals surface area (Å²) >= 11 is 1.81. The van der Waals surface area contributed by atoms with E-state index >= 15 is 0 Å². The van der Waals surface area contributed by atoms with Gasteiger partial charge in [0.2, 0.25) is 5.89 Å². The molecule has 0 unspecified atom stereocenters. The highest BCUT2D eigenvalue weighted by molar-refractivity contribution is 7.98. The van der Waals surface area contributed by atoms with Crippen LogP contribution in [0.25, 0.3) is 0 Å². The highest BCUT2D eigenvalue weighted by Crippen LogP contribution is 2.11. The van der Waals surface area contributed by atoms with Crippen molar-refractivity contribution in [2.75, 3.05) is 5.75 Å². The molecule has 0 saturated heterocycles. The minimum atomic E-state index is 0.544. The van der Waals surface area contributed by atoms with Gasteiger partial charge in [-0.15, -0.1) is 0 Å². The molecule has 0 spiro atoms. The first-order valence-electron chi connectivity index (χ1n) is 5.13. The summed E-state index contributed by atoms with van der Waals surface area (Å²) in [4.78, 5) is 4.25. The van der Waals surface area contributed by atoms with E-state index in [0.717, 1.165) is 30.2 Å². The number of thioether (sulfide) groups is 1. The first-order chi connectivity index (χ1) is 7.36. The van der Waals surface area contributed by atoms with Gasteiger partial charge in [-0.2, -0.15) is 22.0 Å². The van der Waals surface area contributed by atoms with Gasteiger partial charge >= 0.3 is 0 Å².